The van der Waals surface area contributed by atoms with Gasteiger partial charge in [-0.3, -0.25) is 5.10 Å². The van der Waals surface area contributed by atoms with Gasteiger partial charge in [-0.1, -0.05) is 12.1 Å². The van der Waals surface area contributed by atoms with Crippen molar-refractivity contribution in [2.45, 2.75) is 50.2 Å². The fourth-order valence-corrected chi connectivity index (χ4v) is 4.39. The molecule has 5 atom stereocenters. The van der Waals surface area contributed by atoms with Gasteiger partial charge in [0.2, 0.25) is 6.29 Å². The Bertz CT molecular complexity index is 1320. The minimum absolute atomic E-state index is 0.155. The maximum absolute atomic E-state index is 11.0. The normalized spacial score (nSPS) is 27.5. The molecule has 0 bridgehead atoms. The highest BCUT2D eigenvalue weighted by Gasteiger charge is 2.57. The van der Waals surface area contributed by atoms with Gasteiger partial charge in [0.15, 0.2) is 6.10 Å². The van der Waals surface area contributed by atoms with Crippen molar-refractivity contribution in [3.8, 4) is 5.75 Å². The molecule has 1 unspecified atom stereocenters. The highest BCUT2D eigenvalue weighted by molar-refractivity contribution is 5.88. The Hall–Kier alpha value is -2.99. The maximum atomic E-state index is 11.0. The lowest BCUT2D eigenvalue weighted by Crippen LogP contribution is -2.69. The lowest BCUT2D eigenvalue weighted by Gasteiger charge is -2.45. The molecule has 0 radical (unpaired) electrons. The number of ether oxygens (including phenoxy) is 2. The van der Waals surface area contributed by atoms with E-state index in [1.807, 2.05) is 31.2 Å². The molecular weight excluding hydrogens is 444 g/mol. The van der Waals surface area contributed by atoms with Crippen LogP contribution in [0.2, 0.25) is 0 Å². The zero-order valence-corrected chi connectivity index (χ0v) is 18.4. The molecule has 0 spiro atoms. The van der Waals surface area contributed by atoms with Crippen LogP contribution in [0.4, 0.5) is 0 Å². The minimum Gasteiger partial charge on any atom is -0.471 e. The number of fused-ring (bicyclic) bond motifs is 2. The lowest BCUT2D eigenvalue weighted by molar-refractivity contribution is -0.385. The SMILES string of the molecule is Cc1cc(O[C@]2(O)C(O)O[C@H](CO)[C@@H](O)[C@@H]2O)c2c(CCc3ccc4cocc4c3)[nH]nc2c1. The lowest BCUT2D eigenvalue weighted by atomic mass is 9.95. The summed E-state index contributed by atoms with van der Waals surface area (Å²) in [5.74, 6) is -2.52. The second-order valence-electron chi connectivity index (χ2n) is 8.69. The van der Waals surface area contributed by atoms with Crippen LogP contribution < -0.4 is 4.74 Å². The third kappa shape index (κ3) is 3.84. The van der Waals surface area contributed by atoms with Gasteiger partial charge in [0, 0.05) is 16.5 Å². The third-order valence-electron chi connectivity index (χ3n) is 6.28. The highest BCUT2D eigenvalue weighted by atomic mass is 16.7. The minimum atomic E-state index is -2.67. The number of aliphatic hydroxyl groups is 5. The second kappa shape index (κ2) is 8.66. The van der Waals surface area contributed by atoms with Crippen molar-refractivity contribution in [2.75, 3.05) is 6.61 Å². The number of hydrogen-bond acceptors (Lipinski definition) is 9. The van der Waals surface area contributed by atoms with Gasteiger partial charge in [0.05, 0.1) is 30.0 Å². The van der Waals surface area contributed by atoms with Crippen LogP contribution in [-0.2, 0) is 17.6 Å². The molecule has 0 saturated carbocycles. The van der Waals surface area contributed by atoms with Crippen molar-refractivity contribution >= 4 is 21.7 Å². The number of aromatic nitrogens is 2. The van der Waals surface area contributed by atoms with E-state index in [0.29, 0.717) is 23.7 Å². The standard InChI is InChI=1S/C24H26N2O8/c1-12-6-17-20(16(25-26-17)5-3-13-2-4-14-10-32-11-15(14)8-13)18(7-12)34-24(31)22(29)21(28)19(9-27)33-23(24)30/h2,4,6-8,10-11,19,21-23,27-31H,3,5,9H2,1H3,(H,25,26)/t19-,21-,22+,23?,24+/m1/s1. The van der Waals surface area contributed by atoms with Gasteiger partial charge in [-0.05, 0) is 49.1 Å². The molecule has 180 valence electrons. The van der Waals surface area contributed by atoms with E-state index in [1.165, 1.54) is 0 Å². The average molecular weight is 470 g/mol. The summed E-state index contributed by atoms with van der Waals surface area (Å²) in [6, 6.07) is 9.54. The molecule has 5 rings (SSSR count). The quantitative estimate of drug-likeness (QED) is 0.225. The Kier molecular flexibility index (Phi) is 5.80. The molecule has 34 heavy (non-hydrogen) atoms. The van der Waals surface area contributed by atoms with Crippen LogP contribution in [0.25, 0.3) is 21.7 Å². The number of rotatable bonds is 6. The van der Waals surface area contributed by atoms with E-state index in [9.17, 15) is 25.5 Å². The first-order valence-corrected chi connectivity index (χ1v) is 10.9. The molecule has 6 N–H and O–H groups in total. The number of aryl methyl sites for hydroxylation is 3. The monoisotopic (exact) mass is 470 g/mol. The summed E-state index contributed by atoms with van der Waals surface area (Å²) >= 11 is 0. The number of nitrogens with zero attached hydrogens (tertiary/aromatic N) is 1. The molecule has 10 heteroatoms. The first-order valence-electron chi connectivity index (χ1n) is 10.9. The predicted octanol–water partition coefficient (Wildman–Crippen LogP) is 0.901. The molecule has 4 aromatic rings. The van der Waals surface area contributed by atoms with Gasteiger partial charge < -0.3 is 39.4 Å². The van der Waals surface area contributed by atoms with Crippen LogP contribution in [0.5, 0.6) is 5.75 Å². The first kappa shape index (κ1) is 22.8. The largest absolute Gasteiger partial charge is 0.471 e. The summed E-state index contributed by atoms with van der Waals surface area (Å²) < 4.78 is 16.1. The first-order chi connectivity index (χ1) is 16.3. The summed E-state index contributed by atoms with van der Waals surface area (Å²) in [5.41, 5.74) is 3.17. The van der Waals surface area contributed by atoms with Crippen LogP contribution in [-0.4, -0.2) is 72.7 Å². The van der Waals surface area contributed by atoms with Crippen molar-refractivity contribution in [3.63, 3.8) is 0 Å². The number of aliphatic hydroxyl groups excluding tert-OH is 4. The van der Waals surface area contributed by atoms with E-state index in [2.05, 4.69) is 10.2 Å². The number of aromatic amines is 1. The van der Waals surface area contributed by atoms with Gasteiger partial charge in [-0.15, -0.1) is 0 Å². The Balaban J connectivity index is 1.46. The molecule has 0 amide bonds. The number of benzene rings is 2. The molecule has 1 aliphatic rings. The van der Waals surface area contributed by atoms with Crippen LogP contribution in [0.3, 0.4) is 0 Å². The van der Waals surface area contributed by atoms with Crippen molar-refractivity contribution in [1.82, 2.24) is 10.2 Å². The van der Waals surface area contributed by atoms with Crippen LogP contribution in [0.15, 0.2) is 47.3 Å². The van der Waals surface area contributed by atoms with Crippen LogP contribution in [0.1, 0.15) is 16.8 Å². The van der Waals surface area contributed by atoms with Crippen LogP contribution in [0, 0.1) is 6.92 Å². The van der Waals surface area contributed by atoms with Gasteiger partial charge in [-0.25, -0.2) is 0 Å². The summed E-state index contributed by atoms with van der Waals surface area (Å²) in [7, 11) is 0. The van der Waals surface area contributed by atoms with Gasteiger partial charge in [-0.2, -0.15) is 5.10 Å². The Morgan fingerprint density at radius 3 is 2.68 bits per heavy atom. The highest BCUT2D eigenvalue weighted by Crippen LogP contribution is 2.37. The fraction of sp³-hybridized carbons (Fsp3) is 0.375. The molecule has 10 nitrogen and oxygen atoms in total. The number of H-pyrrole nitrogens is 1. The molecule has 3 heterocycles. The molecule has 1 fully saturated rings. The Morgan fingerprint density at radius 1 is 1.09 bits per heavy atom. The number of furan rings is 1. The van der Waals surface area contributed by atoms with E-state index in [4.69, 9.17) is 13.9 Å². The van der Waals surface area contributed by atoms with E-state index in [-0.39, 0.29) is 5.75 Å². The zero-order chi connectivity index (χ0) is 24.0. The predicted molar refractivity (Wildman–Crippen MR) is 120 cm³/mol. The Morgan fingerprint density at radius 2 is 1.88 bits per heavy atom. The number of nitrogens with one attached hydrogen (secondary N) is 1. The molecule has 0 aliphatic carbocycles. The smallest absolute Gasteiger partial charge is 0.288 e. The summed E-state index contributed by atoms with van der Waals surface area (Å²) in [6.45, 7) is 1.16. The van der Waals surface area contributed by atoms with E-state index in [0.717, 1.165) is 27.6 Å². The second-order valence-corrected chi connectivity index (χ2v) is 8.69. The summed E-state index contributed by atoms with van der Waals surface area (Å²) in [6.07, 6.45) is -2.29. The molecule has 2 aromatic carbocycles. The van der Waals surface area contributed by atoms with E-state index in [1.54, 1.807) is 18.6 Å². The fourth-order valence-electron chi connectivity index (χ4n) is 4.39. The van der Waals surface area contributed by atoms with Crippen molar-refractivity contribution < 1.29 is 39.4 Å². The molecular formula is C24H26N2O8. The summed E-state index contributed by atoms with van der Waals surface area (Å²) in [4.78, 5) is 0. The van der Waals surface area contributed by atoms with Crippen LogP contribution >= 0.6 is 0 Å². The maximum Gasteiger partial charge on any atom is 0.288 e. The molecule has 1 aliphatic heterocycles. The Labute approximate surface area is 194 Å². The topological polar surface area (TPSA) is 161 Å². The third-order valence-corrected chi connectivity index (χ3v) is 6.28. The van der Waals surface area contributed by atoms with E-state index < -0.39 is 37.0 Å². The van der Waals surface area contributed by atoms with Gasteiger partial charge in [0.25, 0.3) is 5.79 Å². The zero-order valence-electron chi connectivity index (χ0n) is 18.4. The van der Waals surface area contributed by atoms with Crippen molar-refractivity contribution in [3.05, 3.63) is 59.7 Å². The van der Waals surface area contributed by atoms with E-state index >= 15 is 0 Å². The molecule has 1 saturated heterocycles. The average Bonchev–Trinajstić information content (AvgIpc) is 3.45. The molecule has 2 aromatic heterocycles. The van der Waals surface area contributed by atoms with Crippen molar-refractivity contribution in [1.29, 1.82) is 0 Å². The van der Waals surface area contributed by atoms with Crippen molar-refractivity contribution in [2.24, 2.45) is 0 Å². The van der Waals surface area contributed by atoms with Gasteiger partial charge in [0.1, 0.15) is 18.0 Å². The summed E-state index contributed by atoms with van der Waals surface area (Å²) in [5, 5.41) is 61.3. The van der Waals surface area contributed by atoms with Gasteiger partial charge >= 0.3 is 0 Å². The number of hydrogen-bond donors (Lipinski definition) is 6.